The molecule has 1 rings (SSSR count). The van der Waals surface area contributed by atoms with Crippen LogP contribution in [0.1, 0.15) is 46.0 Å². The lowest BCUT2D eigenvalue weighted by Gasteiger charge is -2.25. The van der Waals surface area contributed by atoms with Crippen LogP contribution in [0.2, 0.25) is 0 Å². The molecule has 0 radical (unpaired) electrons. The van der Waals surface area contributed by atoms with E-state index in [1.54, 1.807) is 0 Å². The van der Waals surface area contributed by atoms with E-state index >= 15 is 0 Å². The molecule has 0 spiro atoms. The van der Waals surface area contributed by atoms with Gasteiger partial charge >= 0.3 is 0 Å². The lowest BCUT2D eigenvalue weighted by molar-refractivity contribution is 0.114. The summed E-state index contributed by atoms with van der Waals surface area (Å²) >= 11 is 0. The van der Waals surface area contributed by atoms with Crippen molar-refractivity contribution >= 4 is 0 Å². The molecule has 3 nitrogen and oxygen atoms in total. The average Bonchev–Trinajstić information content (AvgIpc) is 2.38. The lowest BCUT2D eigenvalue weighted by Crippen LogP contribution is -2.35. The van der Waals surface area contributed by atoms with Crippen molar-refractivity contribution < 1.29 is 4.74 Å². The van der Waals surface area contributed by atoms with E-state index in [0.29, 0.717) is 0 Å². The second-order valence-corrected chi connectivity index (χ2v) is 4.92. The lowest BCUT2D eigenvalue weighted by atomic mass is 10.0. The van der Waals surface area contributed by atoms with E-state index in [1.807, 2.05) is 0 Å². The Labute approximate surface area is 107 Å². The maximum Gasteiger partial charge on any atom is 0.0593 e. The van der Waals surface area contributed by atoms with E-state index in [9.17, 15) is 0 Å². The molecule has 0 bridgehead atoms. The van der Waals surface area contributed by atoms with Crippen LogP contribution in [-0.4, -0.2) is 50.3 Å². The van der Waals surface area contributed by atoms with Gasteiger partial charge in [-0.25, -0.2) is 0 Å². The highest BCUT2D eigenvalue weighted by Crippen LogP contribution is 2.11. The molecule has 0 aliphatic carbocycles. The highest BCUT2D eigenvalue weighted by Gasteiger charge is 2.12. The van der Waals surface area contributed by atoms with Crippen LogP contribution in [0, 0.1) is 0 Å². The number of rotatable bonds is 9. The Kier molecular flexibility index (Phi) is 8.67. The zero-order valence-corrected chi connectivity index (χ0v) is 11.7. The summed E-state index contributed by atoms with van der Waals surface area (Å²) in [5.41, 5.74) is 0. The number of likely N-dealkylation sites (N-methyl/N-ethyl adjacent to an activating group) is 1. The summed E-state index contributed by atoms with van der Waals surface area (Å²) in [4.78, 5) is 2.50. The van der Waals surface area contributed by atoms with E-state index in [1.165, 1.54) is 45.2 Å². The van der Waals surface area contributed by atoms with Crippen molar-refractivity contribution in [3.63, 3.8) is 0 Å². The molecule has 0 amide bonds. The quantitative estimate of drug-likeness (QED) is 0.628. The molecule has 1 unspecified atom stereocenters. The van der Waals surface area contributed by atoms with Crippen molar-refractivity contribution in [1.29, 1.82) is 0 Å². The maximum absolute atomic E-state index is 5.41. The zero-order valence-electron chi connectivity index (χ0n) is 11.7. The van der Waals surface area contributed by atoms with E-state index in [0.717, 1.165) is 32.3 Å². The number of piperidine rings is 1. The summed E-state index contributed by atoms with van der Waals surface area (Å²) in [5, 5.41) is 3.62. The van der Waals surface area contributed by atoms with Gasteiger partial charge in [-0.15, -0.1) is 0 Å². The number of nitrogens with zero attached hydrogens (tertiary/aromatic N) is 1. The normalized spacial score (nSPS) is 21.0. The molecule has 1 heterocycles. The first kappa shape index (κ1) is 14.9. The first-order valence-electron chi connectivity index (χ1n) is 7.40. The first-order chi connectivity index (χ1) is 8.36. The predicted octanol–water partition coefficient (Wildman–Crippen LogP) is 2.27. The fourth-order valence-electron chi connectivity index (χ4n) is 2.50. The van der Waals surface area contributed by atoms with E-state index < -0.39 is 0 Å². The minimum atomic E-state index is 0.786. The topological polar surface area (TPSA) is 24.5 Å². The molecular weight excluding hydrogens is 212 g/mol. The standard InChI is InChI=1S/C14H30N2O/c1-3-16(12-13-17-4-2)11-7-9-14-8-5-6-10-15-14/h14-15H,3-13H2,1-2H3. The van der Waals surface area contributed by atoms with Crippen molar-refractivity contribution in [2.24, 2.45) is 0 Å². The van der Waals surface area contributed by atoms with Crippen LogP contribution in [-0.2, 0) is 4.74 Å². The molecule has 1 N–H and O–H groups in total. The van der Waals surface area contributed by atoms with Gasteiger partial charge in [0.25, 0.3) is 0 Å². The van der Waals surface area contributed by atoms with Crippen molar-refractivity contribution in [2.45, 2.75) is 52.0 Å². The summed E-state index contributed by atoms with van der Waals surface area (Å²) in [6.07, 6.45) is 6.82. The number of ether oxygens (including phenoxy) is 1. The summed E-state index contributed by atoms with van der Waals surface area (Å²) in [6, 6.07) is 0.786. The van der Waals surface area contributed by atoms with Crippen LogP contribution in [0.15, 0.2) is 0 Å². The van der Waals surface area contributed by atoms with Crippen LogP contribution in [0.5, 0.6) is 0 Å². The summed E-state index contributed by atoms with van der Waals surface area (Å²) in [5.74, 6) is 0. The summed E-state index contributed by atoms with van der Waals surface area (Å²) in [7, 11) is 0. The van der Waals surface area contributed by atoms with Crippen molar-refractivity contribution in [3.05, 3.63) is 0 Å². The van der Waals surface area contributed by atoms with Crippen LogP contribution < -0.4 is 5.32 Å². The Morgan fingerprint density at radius 1 is 1.24 bits per heavy atom. The Hall–Kier alpha value is -0.120. The highest BCUT2D eigenvalue weighted by atomic mass is 16.5. The molecule has 0 aromatic rings. The molecule has 0 aromatic carbocycles. The van der Waals surface area contributed by atoms with E-state index in [-0.39, 0.29) is 0 Å². The Morgan fingerprint density at radius 3 is 2.76 bits per heavy atom. The predicted molar refractivity (Wildman–Crippen MR) is 73.5 cm³/mol. The van der Waals surface area contributed by atoms with Crippen molar-refractivity contribution in [2.75, 3.05) is 39.4 Å². The number of hydrogen-bond donors (Lipinski definition) is 1. The largest absolute Gasteiger partial charge is 0.380 e. The van der Waals surface area contributed by atoms with E-state index in [2.05, 4.69) is 24.1 Å². The maximum atomic E-state index is 5.41. The molecule has 1 atom stereocenters. The minimum absolute atomic E-state index is 0.786. The third kappa shape index (κ3) is 7.02. The molecule has 1 saturated heterocycles. The smallest absolute Gasteiger partial charge is 0.0593 e. The molecule has 102 valence electrons. The van der Waals surface area contributed by atoms with Gasteiger partial charge in [-0.3, -0.25) is 0 Å². The van der Waals surface area contributed by atoms with Gasteiger partial charge in [0.15, 0.2) is 0 Å². The van der Waals surface area contributed by atoms with Crippen LogP contribution >= 0.6 is 0 Å². The highest BCUT2D eigenvalue weighted by molar-refractivity contribution is 4.72. The number of nitrogens with one attached hydrogen (secondary N) is 1. The van der Waals surface area contributed by atoms with Gasteiger partial charge < -0.3 is 15.0 Å². The molecule has 17 heavy (non-hydrogen) atoms. The first-order valence-corrected chi connectivity index (χ1v) is 7.40. The van der Waals surface area contributed by atoms with Gasteiger partial charge in [0.1, 0.15) is 0 Å². The molecule has 1 aliphatic heterocycles. The molecule has 1 aliphatic rings. The fourth-order valence-corrected chi connectivity index (χ4v) is 2.50. The van der Waals surface area contributed by atoms with E-state index in [4.69, 9.17) is 4.74 Å². The van der Waals surface area contributed by atoms with Crippen LogP contribution in [0.3, 0.4) is 0 Å². The average molecular weight is 242 g/mol. The number of hydrogen-bond acceptors (Lipinski definition) is 3. The third-order valence-electron chi connectivity index (χ3n) is 3.64. The van der Waals surface area contributed by atoms with Gasteiger partial charge in [-0.1, -0.05) is 13.3 Å². The van der Waals surface area contributed by atoms with Gasteiger partial charge in [0, 0.05) is 19.2 Å². The summed E-state index contributed by atoms with van der Waals surface area (Å²) < 4.78 is 5.41. The van der Waals surface area contributed by atoms with Crippen LogP contribution in [0.4, 0.5) is 0 Å². The fraction of sp³-hybridized carbons (Fsp3) is 1.00. The summed E-state index contributed by atoms with van der Waals surface area (Å²) in [6.45, 7) is 10.7. The van der Waals surface area contributed by atoms with Gasteiger partial charge in [-0.05, 0) is 52.2 Å². The zero-order chi connectivity index (χ0) is 12.3. The second kappa shape index (κ2) is 9.86. The Bertz CT molecular complexity index is 170. The van der Waals surface area contributed by atoms with Crippen LogP contribution in [0.25, 0.3) is 0 Å². The third-order valence-corrected chi connectivity index (χ3v) is 3.64. The van der Waals surface area contributed by atoms with Gasteiger partial charge in [-0.2, -0.15) is 0 Å². The SMILES string of the molecule is CCOCCN(CC)CCCC1CCCCN1. The van der Waals surface area contributed by atoms with Gasteiger partial charge in [0.05, 0.1) is 6.61 Å². The van der Waals surface area contributed by atoms with Crippen molar-refractivity contribution in [3.8, 4) is 0 Å². The monoisotopic (exact) mass is 242 g/mol. The Morgan fingerprint density at radius 2 is 2.12 bits per heavy atom. The van der Waals surface area contributed by atoms with Crippen molar-refractivity contribution in [1.82, 2.24) is 10.2 Å². The molecular formula is C14H30N2O. The molecule has 0 saturated carbocycles. The minimum Gasteiger partial charge on any atom is -0.380 e. The molecule has 3 heteroatoms. The van der Waals surface area contributed by atoms with Gasteiger partial charge in [0.2, 0.25) is 0 Å². The molecule has 0 aromatic heterocycles. The molecule has 1 fully saturated rings. The second-order valence-electron chi connectivity index (χ2n) is 4.92. The Balaban J connectivity index is 2.01.